The summed E-state index contributed by atoms with van der Waals surface area (Å²) < 4.78 is 0. The fourth-order valence-electron chi connectivity index (χ4n) is 2.85. The second-order valence-corrected chi connectivity index (χ2v) is 4.39. The highest BCUT2D eigenvalue weighted by Gasteiger charge is 2.64. The lowest BCUT2D eigenvalue weighted by atomic mass is 9.02. The summed E-state index contributed by atoms with van der Waals surface area (Å²) in [6.45, 7) is 4.60. The summed E-state index contributed by atoms with van der Waals surface area (Å²) in [4.78, 5) is 0. The molecule has 2 rings (SSSR count). The van der Waals surface area contributed by atoms with Gasteiger partial charge in [0.05, 0.1) is 7.85 Å². The first kappa shape index (κ1) is 7.82. The summed E-state index contributed by atoms with van der Waals surface area (Å²) >= 11 is 0. The molecule has 0 spiro atoms. The molecule has 0 aromatic rings. The molecule has 2 heterocycles. The number of hydrogen-bond acceptors (Lipinski definition) is 0. The molecule has 11 heavy (non-hydrogen) atoms. The summed E-state index contributed by atoms with van der Waals surface area (Å²) in [5.41, 5.74) is 0.487. The fraction of sp³-hybridized carbons (Fsp3) is 1.00. The first-order valence-electron chi connectivity index (χ1n) is 4.56. The zero-order valence-electron chi connectivity index (χ0n) is 7.43. The average Bonchev–Trinajstić information content (AvgIpc) is 1.95. The van der Waals surface area contributed by atoms with Gasteiger partial charge in [-0.05, 0) is 0 Å². The third kappa shape index (κ3) is 0.661. The Morgan fingerprint density at radius 1 is 1.36 bits per heavy atom. The minimum atomic E-state index is 0.432. The van der Waals surface area contributed by atoms with Gasteiger partial charge in [0.25, 0.3) is 0 Å². The molecule has 0 saturated carbocycles. The van der Waals surface area contributed by atoms with E-state index in [1.165, 1.54) is 12.6 Å². The Balaban J connectivity index is 2.17. The van der Waals surface area contributed by atoms with Crippen molar-refractivity contribution in [3.63, 3.8) is 0 Å². The molecule has 54 valence electrons. The van der Waals surface area contributed by atoms with Gasteiger partial charge in [0.2, 0.25) is 0 Å². The molecule has 2 saturated heterocycles. The number of fused-ring (bicyclic) bond motifs is 1. The van der Waals surface area contributed by atoms with Crippen LogP contribution < -0.4 is 0 Å². The maximum atomic E-state index is 5.79. The fourth-order valence-corrected chi connectivity index (χ4v) is 2.85. The molecule has 0 unspecified atom stereocenters. The van der Waals surface area contributed by atoms with Crippen LogP contribution in [0.2, 0.25) is 24.2 Å². The summed E-state index contributed by atoms with van der Waals surface area (Å²) in [6.07, 6.45) is 3.37. The van der Waals surface area contributed by atoms with E-state index in [2.05, 4.69) is 28.4 Å². The maximum Gasteiger partial charge on any atom is 0.109 e. The molecule has 0 bridgehead atoms. The highest BCUT2D eigenvalue weighted by atomic mass is 14.5. The molecule has 3 heteroatoms. The minimum absolute atomic E-state index is 0.432. The zero-order chi connectivity index (χ0) is 8.11. The maximum absolute atomic E-state index is 5.79. The van der Waals surface area contributed by atoms with E-state index in [1.54, 1.807) is 0 Å². The molecule has 0 aromatic carbocycles. The van der Waals surface area contributed by atoms with E-state index in [0.717, 1.165) is 12.2 Å². The topological polar surface area (TPSA) is 0 Å². The van der Waals surface area contributed by atoms with Crippen LogP contribution in [-0.4, -0.2) is 22.4 Å². The third-order valence-corrected chi connectivity index (χ3v) is 3.93. The Morgan fingerprint density at radius 2 is 1.91 bits per heavy atom. The van der Waals surface area contributed by atoms with Gasteiger partial charge in [0.15, 0.2) is 0 Å². The van der Waals surface area contributed by atoms with E-state index in [1.807, 2.05) is 0 Å². The third-order valence-electron chi connectivity index (χ3n) is 3.93. The van der Waals surface area contributed by atoms with Crippen LogP contribution in [0.25, 0.3) is 0 Å². The monoisotopic (exact) mass is 142 g/mol. The molecule has 2 fully saturated rings. The van der Waals surface area contributed by atoms with E-state index in [9.17, 15) is 0 Å². The van der Waals surface area contributed by atoms with Crippen LogP contribution >= 0.6 is 0 Å². The largest absolute Gasteiger partial charge is 0.109 e. The molecular weight excluding hydrogens is 129 g/mol. The van der Waals surface area contributed by atoms with E-state index in [0.29, 0.717) is 10.6 Å². The Kier molecular flexibility index (Phi) is 1.50. The predicted molar refractivity (Wildman–Crippen MR) is 51.6 cm³/mol. The van der Waals surface area contributed by atoms with Crippen LogP contribution in [0.4, 0.5) is 0 Å². The van der Waals surface area contributed by atoms with Crippen molar-refractivity contribution < 1.29 is 0 Å². The van der Waals surface area contributed by atoms with Crippen molar-refractivity contribution in [2.24, 2.45) is 11.3 Å². The Morgan fingerprint density at radius 3 is 2.00 bits per heavy atom. The predicted octanol–water partition coefficient (Wildman–Crippen LogP) is 1.60. The second kappa shape index (κ2) is 2.11. The first-order valence-corrected chi connectivity index (χ1v) is 4.56. The molecule has 2 aliphatic rings. The van der Waals surface area contributed by atoms with Gasteiger partial charge in [-0.1, -0.05) is 49.4 Å². The summed E-state index contributed by atoms with van der Waals surface area (Å²) in [5, 5.41) is 0.432. The Hall–Kier alpha value is 0.195. The van der Waals surface area contributed by atoms with Crippen molar-refractivity contribution in [2.45, 2.75) is 38.0 Å². The van der Waals surface area contributed by atoms with Gasteiger partial charge in [0, 0.05) is 0 Å². The molecule has 0 nitrogen and oxygen atoms in total. The molecule has 0 N–H and O–H groups in total. The zero-order valence-corrected chi connectivity index (χ0v) is 7.43. The van der Waals surface area contributed by atoms with Gasteiger partial charge in [-0.3, -0.25) is 0 Å². The SMILES string of the molecule is [B]CC12C[B]C1(C(C)C)[B]C2. The smallest absolute Gasteiger partial charge is 0.0853 e. The van der Waals surface area contributed by atoms with Crippen molar-refractivity contribution in [1.29, 1.82) is 0 Å². The van der Waals surface area contributed by atoms with Crippen LogP contribution in [0.3, 0.4) is 0 Å². The average molecular weight is 142 g/mol. The van der Waals surface area contributed by atoms with Gasteiger partial charge < -0.3 is 0 Å². The lowest BCUT2D eigenvalue weighted by Crippen LogP contribution is -2.65. The minimum Gasteiger partial charge on any atom is -0.0853 e. The van der Waals surface area contributed by atoms with Crippen LogP contribution in [0.15, 0.2) is 0 Å². The highest BCUT2D eigenvalue weighted by Crippen LogP contribution is 2.72. The number of hydrogen-bond donors (Lipinski definition) is 0. The van der Waals surface area contributed by atoms with Gasteiger partial charge >= 0.3 is 0 Å². The molecule has 4 radical (unpaired) electrons. The van der Waals surface area contributed by atoms with Crippen LogP contribution in [0.1, 0.15) is 13.8 Å². The van der Waals surface area contributed by atoms with E-state index in [-0.39, 0.29) is 0 Å². The van der Waals surface area contributed by atoms with Crippen LogP contribution in [0, 0.1) is 11.3 Å². The van der Waals surface area contributed by atoms with E-state index in [4.69, 9.17) is 7.85 Å². The quantitative estimate of drug-likeness (QED) is 0.513. The lowest BCUT2D eigenvalue weighted by Gasteiger charge is -2.71. The van der Waals surface area contributed by atoms with Gasteiger partial charge in [-0.25, -0.2) is 0 Å². The van der Waals surface area contributed by atoms with Crippen LogP contribution in [-0.2, 0) is 0 Å². The van der Waals surface area contributed by atoms with Crippen molar-refractivity contribution >= 4 is 22.4 Å². The number of rotatable bonds is 2. The molecular formula is C8H13B3. The van der Waals surface area contributed by atoms with Crippen molar-refractivity contribution in [3.05, 3.63) is 0 Å². The molecule has 0 atom stereocenters. The summed E-state index contributed by atoms with van der Waals surface area (Å²) in [6, 6.07) is 0. The van der Waals surface area contributed by atoms with Gasteiger partial charge in [-0.2, -0.15) is 0 Å². The highest BCUT2D eigenvalue weighted by molar-refractivity contribution is 6.71. The van der Waals surface area contributed by atoms with Crippen LogP contribution in [0.5, 0.6) is 0 Å². The lowest BCUT2D eigenvalue weighted by molar-refractivity contribution is 0.189. The molecule has 0 aliphatic carbocycles. The molecule has 0 amide bonds. The second-order valence-electron chi connectivity index (χ2n) is 4.39. The van der Waals surface area contributed by atoms with Crippen molar-refractivity contribution in [2.75, 3.05) is 0 Å². The molecule has 0 aromatic heterocycles. The molecule has 2 aliphatic heterocycles. The van der Waals surface area contributed by atoms with Crippen molar-refractivity contribution in [3.8, 4) is 0 Å². The van der Waals surface area contributed by atoms with Gasteiger partial charge in [0.1, 0.15) is 14.6 Å². The Bertz CT molecular complexity index is 163. The van der Waals surface area contributed by atoms with Crippen molar-refractivity contribution in [1.82, 2.24) is 0 Å². The van der Waals surface area contributed by atoms with Gasteiger partial charge in [-0.15, -0.1) is 0 Å². The summed E-state index contributed by atoms with van der Waals surface area (Å²) in [5.74, 6) is 0.744. The van der Waals surface area contributed by atoms with E-state index < -0.39 is 0 Å². The van der Waals surface area contributed by atoms with E-state index >= 15 is 0 Å². The summed E-state index contributed by atoms with van der Waals surface area (Å²) in [7, 11) is 10.7. The standard InChI is InChI=1S/C8H13B3/c1-6(2)8-7(3-9,4-10-8)5-11-8/h6H,3-5H2,1-2H3. The first-order chi connectivity index (χ1) is 5.17. The Labute approximate surface area is 72.4 Å². The normalized spacial score (nSPS) is 46.5.